The van der Waals surface area contributed by atoms with E-state index in [1.54, 1.807) is 0 Å². The topological polar surface area (TPSA) is 75.6 Å². The molecule has 2 N–H and O–H groups in total. The Bertz CT molecular complexity index is 236. The molecule has 1 aliphatic rings. The predicted molar refractivity (Wildman–Crippen MR) is 53.4 cm³/mol. The van der Waals surface area contributed by atoms with Crippen LogP contribution in [0.1, 0.15) is 32.6 Å². The van der Waals surface area contributed by atoms with E-state index in [0.717, 1.165) is 25.7 Å². The van der Waals surface area contributed by atoms with E-state index in [-0.39, 0.29) is 18.6 Å². The summed E-state index contributed by atoms with van der Waals surface area (Å²) >= 11 is 0. The van der Waals surface area contributed by atoms with Gasteiger partial charge in [-0.15, -0.1) is 0 Å². The number of carbonyl (C=O) groups is 2. The minimum Gasteiger partial charge on any atom is -0.480 e. The van der Waals surface area contributed by atoms with Gasteiger partial charge in [0.25, 0.3) is 0 Å². The van der Waals surface area contributed by atoms with Crippen LogP contribution in [0.5, 0.6) is 0 Å². The van der Waals surface area contributed by atoms with Crippen molar-refractivity contribution in [3.8, 4) is 0 Å². The van der Waals surface area contributed by atoms with Gasteiger partial charge in [-0.25, -0.2) is 4.79 Å². The van der Waals surface area contributed by atoms with E-state index < -0.39 is 12.0 Å². The molecule has 1 aliphatic carbocycles. The highest BCUT2D eigenvalue weighted by Gasteiger charge is 2.22. The largest absolute Gasteiger partial charge is 0.480 e. The van der Waals surface area contributed by atoms with Gasteiger partial charge in [-0.2, -0.15) is 0 Å². The van der Waals surface area contributed by atoms with Crippen LogP contribution in [0.4, 0.5) is 0 Å². The second kappa shape index (κ2) is 5.70. The maximum Gasteiger partial charge on any atom is 0.328 e. The van der Waals surface area contributed by atoms with Gasteiger partial charge in [-0.1, -0.05) is 12.8 Å². The summed E-state index contributed by atoms with van der Waals surface area (Å²) in [5.74, 6) is -1.40. The lowest BCUT2D eigenvalue weighted by atomic mass is 10.3. The minimum absolute atomic E-state index is 0.0551. The zero-order valence-corrected chi connectivity index (χ0v) is 8.86. The Hall–Kier alpha value is -1.10. The number of hydrogen-bond acceptors (Lipinski definition) is 3. The van der Waals surface area contributed by atoms with E-state index in [2.05, 4.69) is 5.32 Å². The van der Waals surface area contributed by atoms with E-state index in [1.807, 2.05) is 0 Å². The average molecular weight is 215 g/mol. The Kier molecular flexibility index (Phi) is 4.55. The van der Waals surface area contributed by atoms with Gasteiger partial charge >= 0.3 is 5.97 Å². The molecule has 0 bridgehead atoms. The zero-order chi connectivity index (χ0) is 11.3. The average Bonchev–Trinajstić information content (AvgIpc) is 2.63. The first-order chi connectivity index (χ1) is 7.09. The van der Waals surface area contributed by atoms with Crippen molar-refractivity contribution in [1.82, 2.24) is 5.32 Å². The van der Waals surface area contributed by atoms with Gasteiger partial charge in [0.2, 0.25) is 5.91 Å². The molecule has 5 heteroatoms. The predicted octanol–water partition coefficient (Wildman–Crippen LogP) is 0.535. The zero-order valence-electron chi connectivity index (χ0n) is 8.86. The number of rotatable bonds is 5. The van der Waals surface area contributed by atoms with E-state index in [9.17, 15) is 9.59 Å². The van der Waals surface area contributed by atoms with Gasteiger partial charge in [-0.3, -0.25) is 4.79 Å². The molecule has 15 heavy (non-hydrogen) atoms. The minimum atomic E-state index is -1.05. The van der Waals surface area contributed by atoms with E-state index in [1.165, 1.54) is 6.92 Å². The summed E-state index contributed by atoms with van der Waals surface area (Å²) in [5.41, 5.74) is 0. The van der Waals surface area contributed by atoms with Crippen molar-refractivity contribution in [2.75, 3.05) is 6.61 Å². The molecule has 1 amide bonds. The van der Waals surface area contributed by atoms with E-state index in [0.29, 0.717) is 0 Å². The molecule has 1 rings (SSSR count). The molecular weight excluding hydrogens is 198 g/mol. The van der Waals surface area contributed by atoms with Crippen LogP contribution in [0.3, 0.4) is 0 Å². The quantitative estimate of drug-likeness (QED) is 0.701. The first-order valence-electron chi connectivity index (χ1n) is 5.21. The molecule has 0 radical (unpaired) electrons. The third-order valence-corrected chi connectivity index (χ3v) is 2.48. The number of ether oxygens (including phenoxy) is 1. The maximum atomic E-state index is 10.7. The van der Waals surface area contributed by atoms with Crippen LogP contribution >= 0.6 is 0 Å². The Morgan fingerprint density at radius 3 is 2.53 bits per heavy atom. The normalized spacial score (nSPS) is 18.7. The van der Waals surface area contributed by atoms with Crippen LogP contribution in [-0.2, 0) is 14.3 Å². The Morgan fingerprint density at radius 2 is 2.07 bits per heavy atom. The fraction of sp³-hybridized carbons (Fsp3) is 0.800. The van der Waals surface area contributed by atoms with Crippen molar-refractivity contribution in [1.29, 1.82) is 0 Å². The second-order valence-electron chi connectivity index (χ2n) is 3.83. The SMILES string of the molecule is CC(=O)N[C@@H](COC1CCCC1)C(=O)O. The third kappa shape index (κ3) is 4.29. The maximum absolute atomic E-state index is 10.7. The highest BCUT2D eigenvalue weighted by molar-refractivity contribution is 5.82. The van der Waals surface area contributed by atoms with Gasteiger partial charge < -0.3 is 15.2 Å². The summed E-state index contributed by atoms with van der Waals surface area (Å²) in [6.45, 7) is 1.35. The van der Waals surface area contributed by atoms with Crippen LogP contribution in [-0.4, -0.2) is 35.7 Å². The summed E-state index contributed by atoms with van der Waals surface area (Å²) in [4.78, 5) is 21.5. The molecule has 5 nitrogen and oxygen atoms in total. The molecule has 0 aromatic carbocycles. The first kappa shape index (κ1) is 12.0. The Labute approximate surface area is 88.8 Å². The van der Waals surface area contributed by atoms with Crippen LogP contribution in [0, 0.1) is 0 Å². The van der Waals surface area contributed by atoms with Crippen molar-refractivity contribution in [3.05, 3.63) is 0 Å². The van der Waals surface area contributed by atoms with Gasteiger partial charge in [0.1, 0.15) is 0 Å². The van der Waals surface area contributed by atoms with Crippen molar-refractivity contribution in [2.24, 2.45) is 0 Å². The van der Waals surface area contributed by atoms with Crippen molar-refractivity contribution < 1.29 is 19.4 Å². The molecule has 0 aliphatic heterocycles. The summed E-state index contributed by atoms with van der Waals surface area (Å²) in [6.07, 6.45) is 4.43. The van der Waals surface area contributed by atoms with Crippen molar-refractivity contribution >= 4 is 11.9 Å². The lowest BCUT2D eigenvalue weighted by Crippen LogP contribution is -2.43. The fourth-order valence-corrected chi connectivity index (χ4v) is 1.71. The van der Waals surface area contributed by atoms with Gasteiger partial charge in [0.05, 0.1) is 12.7 Å². The molecular formula is C10H17NO4. The Balaban J connectivity index is 2.30. The van der Waals surface area contributed by atoms with E-state index in [4.69, 9.17) is 9.84 Å². The smallest absolute Gasteiger partial charge is 0.328 e. The molecule has 1 fully saturated rings. The monoisotopic (exact) mass is 215 g/mol. The molecule has 86 valence electrons. The van der Waals surface area contributed by atoms with Crippen LogP contribution < -0.4 is 5.32 Å². The lowest BCUT2D eigenvalue weighted by molar-refractivity contribution is -0.144. The second-order valence-corrected chi connectivity index (χ2v) is 3.83. The molecule has 1 saturated carbocycles. The number of carboxylic acids is 1. The van der Waals surface area contributed by atoms with Crippen LogP contribution in [0.15, 0.2) is 0 Å². The standard InChI is InChI=1S/C10H17NO4/c1-7(12)11-9(10(13)14)6-15-8-4-2-3-5-8/h8-9H,2-6H2,1H3,(H,11,12)(H,13,14)/t9-/m0/s1. The first-order valence-corrected chi connectivity index (χ1v) is 5.21. The summed E-state index contributed by atoms with van der Waals surface area (Å²) in [7, 11) is 0. The molecule has 0 unspecified atom stereocenters. The van der Waals surface area contributed by atoms with Crippen LogP contribution in [0.2, 0.25) is 0 Å². The van der Waals surface area contributed by atoms with Crippen LogP contribution in [0.25, 0.3) is 0 Å². The summed E-state index contributed by atoms with van der Waals surface area (Å²) in [6, 6.07) is -0.928. The number of hydrogen-bond donors (Lipinski definition) is 2. The highest BCUT2D eigenvalue weighted by Crippen LogP contribution is 2.20. The lowest BCUT2D eigenvalue weighted by Gasteiger charge is -2.16. The fourth-order valence-electron chi connectivity index (χ4n) is 1.71. The van der Waals surface area contributed by atoms with Gasteiger partial charge in [0.15, 0.2) is 6.04 Å². The number of amides is 1. The van der Waals surface area contributed by atoms with E-state index >= 15 is 0 Å². The Morgan fingerprint density at radius 1 is 1.47 bits per heavy atom. The van der Waals surface area contributed by atoms with Gasteiger partial charge in [-0.05, 0) is 12.8 Å². The summed E-state index contributed by atoms with van der Waals surface area (Å²) in [5, 5.41) is 11.1. The van der Waals surface area contributed by atoms with Crippen molar-refractivity contribution in [2.45, 2.75) is 44.8 Å². The molecule has 0 heterocycles. The molecule has 1 atom stereocenters. The number of nitrogens with one attached hydrogen (secondary N) is 1. The highest BCUT2D eigenvalue weighted by atomic mass is 16.5. The number of aliphatic carboxylic acids is 1. The van der Waals surface area contributed by atoms with Crippen molar-refractivity contribution in [3.63, 3.8) is 0 Å². The molecule has 0 aromatic rings. The summed E-state index contributed by atoms with van der Waals surface area (Å²) < 4.78 is 5.43. The third-order valence-electron chi connectivity index (χ3n) is 2.48. The molecule has 0 aromatic heterocycles. The molecule has 0 saturated heterocycles. The number of carboxylic acid groups (broad SMARTS) is 1. The van der Waals surface area contributed by atoms with Gasteiger partial charge in [0, 0.05) is 6.92 Å². The number of carbonyl (C=O) groups excluding carboxylic acids is 1. The molecule has 0 spiro atoms.